The summed E-state index contributed by atoms with van der Waals surface area (Å²) in [5.41, 5.74) is 3.60. The molecule has 0 fully saturated rings. The summed E-state index contributed by atoms with van der Waals surface area (Å²) in [5, 5.41) is 9.45. The third-order valence-corrected chi connectivity index (χ3v) is 3.43. The van der Waals surface area contributed by atoms with Crippen LogP contribution in [0.2, 0.25) is 0 Å². The van der Waals surface area contributed by atoms with Gasteiger partial charge in [-0.3, -0.25) is 4.79 Å². The summed E-state index contributed by atoms with van der Waals surface area (Å²) < 4.78 is 0. The van der Waals surface area contributed by atoms with Gasteiger partial charge in [-0.15, -0.1) is 0 Å². The molecular weight excluding hydrogens is 236 g/mol. The quantitative estimate of drug-likeness (QED) is 0.785. The van der Waals surface area contributed by atoms with Crippen molar-refractivity contribution < 1.29 is 9.90 Å². The van der Waals surface area contributed by atoms with Crippen LogP contribution in [0.1, 0.15) is 27.9 Å². The minimum absolute atomic E-state index is 0.102. The number of hydrogen-bond donors (Lipinski definition) is 1. The van der Waals surface area contributed by atoms with Crippen LogP contribution in [0.3, 0.4) is 0 Å². The minimum Gasteiger partial charge on any atom is -0.508 e. The van der Waals surface area contributed by atoms with Crippen molar-refractivity contribution in [2.45, 2.75) is 12.8 Å². The zero-order valence-corrected chi connectivity index (χ0v) is 10.5. The molecule has 1 N–H and O–H groups in total. The summed E-state index contributed by atoms with van der Waals surface area (Å²) >= 11 is 0. The fourth-order valence-electron chi connectivity index (χ4n) is 2.47. The van der Waals surface area contributed by atoms with Crippen molar-refractivity contribution in [3.05, 3.63) is 70.8 Å². The second-order valence-electron chi connectivity index (χ2n) is 4.75. The fourth-order valence-corrected chi connectivity index (χ4v) is 2.47. The number of phenols is 1. The third-order valence-electron chi connectivity index (χ3n) is 3.43. The number of aromatic hydroxyl groups is 1. The Labute approximate surface area is 112 Å². The van der Waals surface area contributed by atoms with Crippen LogP contribution in [-0.2, 0) is 6.42 Å². The molecule has 2 aromatic rings. The average Bonchev–Trinajstić information content (AvgIpc) is 2.42. The number of ketones is 1. The minimum atomic E-state index is 0.102. The second kappa shape index (κ2) is 4.73. The maximum Gasteiger partial charge on any atom is 0.189 e. The van der Waals surface area contributed by atoms with Crippen LogP contribution in [0.5, 0.6) is 5.75 Å². The van der Waals surface area contributed by atoms with Crippen molar-refractivity contribution in [3.63, 3.8) is 0 Å². The van der Waals surface area contributed by atoms with Crippen LogP contribution in [0.15, 0.2) is 54.1 Å². The largest absolute Gasteiger partial charge is 0.508 e. The van der Waals surface area contributed by atoms with Crippen LogP contribution in [0, 0.1) is 0 Å². The van der Waals surface area contributed by atoms with E-state index in [1.54, 1.807) is 18.2 Å². The summed E-state index contributed by atoms with van der Waals surface area (Å²) in [6.07, 6.45) is 3.52. The van der Waals surface area contributed by atoms with Gasteiger partial charge in [-0.25, -0.2) is 0 Å². The maximum absolute atomic E-state index is 12.4. The molecule has 0 saturated carbocycles. The van der Waals surface area contributed by atoms with E-state index in [1.807, 2.05) is 36.4 Å². The topological polar surface area (TPSA) is 37.3 Å². The zero-order chi connectivity index (χ0) is 13.2. The summed E-state index contributed by atoms with van der Waals surface area (Å²) in [6, 6.07) is 14.7. The molecule has 2 heteroatoms. The molecule has 19 heavy (non-hydrogen) atoms. The van der Waals surface area contributed by atoms with E-state index in [0.717, 1.165) is 35.1 Å². The predicted molar refractivity (Wildman–Crippen MR) is 75.2 cm³/mol. The van der Waals surface area contributed by atoms with E-state index in [9.17, 15) is 9.90 Å². The molecule has 3 rings (SSSR count). The first kappa shape index (κ1) is 11.7. The van der Waals surface area contributed by atoms with Gasteiger partial charge in [-0.05, 0) is 42.2 Å². The predicted octanol–water partition coefficient (Wildman–Crippen LogP) is 3.60. The Hall–Kier alpha value is -2.35. The Morgan fingerprint density at radius 2 is 1.84 bits per heavy atom. The number of allylic oxidation sites excluding steroid dienone is 1. The highest BCUT2D eigenvalue weighted by Gasteiger charge is 2.20. The molecule has 2 aromatic carbocycles. The average molecular weight is 250 g/mol. The van der Waals surface area contributed by atoms with Crippen molar-refractivity contribution in [3.8, 4) is 5.75 Å². The van der Waals surface area contributed by atoms with Crippen LogP contribution >= 0.6 is 0 Å². The summed E-state index contributed by atoms with van der Waals surface area (Å²) in [4.78, 5) is 12.4. The molecule has 0 aliphatic heterocycles. The third kappa shape index (κ3) is 2.29. The van der Waals surface area contributed by atoms with E-state index in [-0.39, 0.29) is 11.5 Å². The summed E-state index contributed by atoms with van der Waals surface area (Å²) in [7, 11) is 0. The fraction of sp³-hybridized carbons (Fsp3) is 0.118. The molecule has 94 valence electrons. The Bertz CT molecular complexity index is 668. The lowest BCUT2D eigenvalue weighted by Crippen LogP contribution is -2.13. The van der Waals surface area contributed by atoms with Crippen LogP contribution < -0.4 is 0 Å². The number of benzene rings is 2. The smallest absolute Gasteiger partial charge is 0.189 e. The number of carbonyl (C=O) groups is 1. The highest BCUT2D eigenvalue weighted by atomic mass is 16.3. The number of fused-ring (bicyclic) bond motifs is 1. The van der Waals surface area contributed by atoms with Gasteiger partial charge in [0.2, 0.25) is 0 Å². The van der Waals surface area contributed by atoms with Crippen molar-refractivity contribution in [1.29, 1.82) is 0 Å². The van der Waals surface area contributed by atoms with Gasteiger partial charge in [0.15, 0.2) is 5.78 Å². The Morgan fingerprint density at radius 3 is 2.68 bits per heavy atom. The maximum atomic E-state index is 12.4. The van der Waals surface area contributed by atoms with Crippen molar-refractivity contribution in [1.82, 2.24) is 0 Å². The molecule has 0 spiro atoms. The number of phenolic OH excluding ortho intramolecular Hbond substituents is 1. The highest BCUT2D eigenvalue weighted by Crippen LogP contribution is 2.26. The van der Waals surface area contributed by atoms with Gasteiger partial charge in [-0.2, -0.15) is 0 Å². The molecule has 0 amide bonds. The van der Waals surface area contributed by atoms with E-state index < -0.39 is 0 Å². The zero-order valence-electron chi connectivity index (χ0n) is 10.5. The van der Waals surface area contributed by atoms with Gasteiger partial charge >= 0.3 is 0 Å². The molecule has 0 radical (unpaired) electrons. The van der Waals surface area contributed by atoms with Crippen LogP contribution in [0.25, 0.3) is 6.08 Å². The monoisotopic (exact) mass is 250 g/mol. The molecule has 0 heterocycles. The number of carbonyl (C=O) groups excluding carboxylic acids is 1. The molecule has 1 aliphatic rings. The van der Waals surface area contributed by atoms with Gasteiger partial charge in [0.25, 0.3) is 0 Å². The number of rotatable bonds is 1. The summed E-state index contributed by atoms with van der Waals surface area (Å²) in [6.45, 7) is 0. The Morgan fingerprint density at radius 1 is 1.00 bits per heavy atom. The molecular formula is C17H14O2. The SMILES string of the molecule is O=C1/C(=C\c2cccc(O)c2)CCc2ccccc21. The molecule has 1 aliphatic carbocycles. The molecule has 0 unspecified atom stereocenters. The van der Waals surface area contributed by atoms with E-state index in [4.69, 9.17) is 0 Å². The van der Waals surface area contributed by atoms with Crippen LogP contribution in [-0.4, -0.2) is 10.9 Å². The van der Waals surface area contributed by atoms with Crippen molar-refractivity contribution in [2.75, 3.05) is 0 Å². The number of hydrogen-bond acceptors (Lipinski definition) is 2. The summed E-state index contributed by atoms with van der Waals surface area (Å²) in [5.74, 6) is 0.322. The van der Waals surface area contributed by atoms with Crippen molar-refractivity contribution >= 4 is 11.9 Å². The molecule has 2 nitrogen and oxygen atoms in total. The van der Waals surface area contributed by atoms with Gasteiger partial charge in [-0.1, -0.05) is 36.4 Å². The first-order valence-corrected chi connectivity index (χ1v) is 6.36. The van der Waals surface area contributed by atoms with E-state index in [0.29, 0.717) is 0 Å². The van der Waals surface area contributed by atoms with Crippen LogP contribution in [0.4, 0.5) is 0 Å². The standard InChI is InChI=1S/C17H14O2/c18-15-6-3-4-12(11-15)10-14-9-8-13-5-1-2-7-16(13)17(14)19/h1-7,10-11,18H,8-9H2/b14-10-. The van der Waals surface area contributed by atoms with E-state index >= 15 is 0 Å². The first-order chi connectivity index (χ1) is 9.24. The van der Waals surface area contributed by atoms with E-state index in [1.165, 1.54) is 0 Å². The number of aryl methyl sites for hydroxylation is 1. The van der Waals surface area contributed by atoms with E-state index in [2.05, 4.69) is 0 Å². The Balaban J connectivity index is 1.98. The van der Waals surface area contributed by atoms with Gasteiger partial charge in [0, 0.05) is 11.1 Å². The second-order valence-corrected chi connectivity index (χ2v) is 4.75. The normalized spacial score (nSPS) is 16.4. The molecule has 0 bridgehead atoms. The molecule has 0 aromatic heterocycles. The Kier molecular flexibility index (Phi) is 2.92. The lowest BCUT2D eigenvalue weighted by atomic mass is 9.86. The lowest BCUT2D eigenvalue weighted by Gasteiger charge is -2.17. The highest BCUT2D eigenvalue weighted by molar-refractivity contribution is 6.13. The lowest BCUT2D eigenvalue weighted by molar-refractivity contribution is 0.102. The number of Topliss-reactive ketones (excluding diaryl/α,β-unsaturated/α-hetero) is 1. The van der Waals surface area contributed by atoms with Gasteiger partial charge in [0.05, 0.1) is 0 Å². The molecule has 0 atom stereocenters. The van der Waals surface area contributed by atoms with Gasteiger partial charge in [0.1, 0.15) is 5.75 Å². The van der Waals surface area contributed by atoms with Crippen molar-refractivity contribution in [2.24, 2.45) is 0 Å². The molecule has 0 saturated heterocycles. The van der Waals surface area contributed by atoms with Gasteiger partial charge < -0.3 is 5.11 Å². The first-order valence-electron chi connectivity index (χ1n) is 6.36.